The summed E-state index contributed by atoms with van der Waals surface area (Å²) in [6, 6.07) is 11.1. The Morgan fingerprint density at radius 1 is 1.31 bits per heavy atom. The van der Waals surface area contributed by atoms with Crippen LogP contribution < -0.4 is 10.6 Å². The molecule has 0 radical (unpaired) electrons. The van der Waals surface area contributed by atoms with Gasteiger partial charge in [0.25, 0.3) is 0 Å². The van der Waals surface area contributed by atoms with Crippen LogP contribution in [-0.2, 0) is 0 Å². The second-order valence-electron chi connectivity index (χ2n) is 6.93. The molecule has 0 saturated carbocycles. The zero-order valence-corrected chi connectivity index (χ0v) is 16.6. The number of rotatable bonds is 5. The van der Waals surface area contributed by atoms with E-state index in [-0.39, 0.29) is 0 Å². The van der Waals surface area contributed by atoms with Crippen molar-refractivity contribution in [3.63, 3.8) is 0 Å². The van der Waals surface area contributed by atoms with E-state index < -0.39 is 0 Å². The first-order valence-electron chi connectivity index (χ1n) is 9.30. The molecule has 4 rings (SSSR count). The minimum Gasteiger partial charge on any atom is -0.370 e. The van der Waals surface area contributed by atoms with Crippen LogP contribution in [0.5, 0.6) is 0 Å². The summed E-state index contributed by atoms with van der Waals surface area (Å²) in [5.74, 6) is 0.981. The Labute approximate surface area is 162 Å². The van der Waals surface area contributed by atoms with Gasteiger partial charge in [-0.05, 0) is 54.2 Å². The predicted molar refractivity (Wildman–Crippen MR) is 110 cm³/mol. The largest absolute Gasteiger partial charge is 0.370 e. The van der Waals surface area contributed by atoms with Crippen molar-refractivity contribution in [2.24, 2.45) is 0 Å². The van der Waals surface area contributed by atoms with Crippen molar-refractivity contribution in [2.45, 2.75) is 38.6 Å². The van der Waals surface area contributed by atoms with Crippen LogP contribution in [0.2, 0.25) is 0 Å². The lowest BCUT2D eigenvalue weighted by atomic mass is 10.0. The van der Waals surface area contributed by atoms with E-state index in [2.05, 4.69) is 68.9 Å². The monoisotopic (exact) mass is 413 g/mol. The molecule has 3 aromatic rings. The van der Waals surface area contributed by atoms with Crippen LogP contribution in [0.25, 0.3) is 16.9 Å². The van der Waals surface area contributed by atoms with Gasteiger partial charge in [0.15, 0.2) is 5.65 Å². The van der Waals surface area contributed by atoms with Crippen LogP contribution in [0.1, 0.15) is 31.2 Å². The second kappa shape index (κ2) is 7.76. The van der Waals surface area contributed by atoms with Gasteiger partial charge < -0.3 is 10.6 Å². The molecule has 1 unspecified atom stereocenters. The molecular weight excluding hydrogens is 390 g/mol. The van der Waals surface area contributed by atoms with Crippen LogP contribution in [0.3, 0.4) is 0 Å². The van der Waals surface area contributed by atoms with E-state index in [4.69, 9.17) is 4.98 Å². The van der Waals surface area contributed by atoms with Gasteiger partial charge in [0.1, 0.15) is 5.82 Å². The van der Waals surface area contributed by atoms with E-state index in [1.54, 1.807) is 6.20 Å². The number of aryl methyl sites for hydroxylation is 1. The van der Waals surface area contributed by atoms with Gasteiger partial charge >= 0.3 is 0 Å². The van der Waals surface area contributed by atoms with Gasteiger partial charge in [0.2, 0.25) is 0 Å². The zero-order valence-electron chi connectivity index (χ0n) is 15.0. The molecule has 6 heteroatoms. The number of benzene rings is 1. The zero-order chi connectivity index (χ0) is 17.9. The molecular formula is C20H24BrN5. The van der Waals surface area contributed by atoms with Crippen LogP contribution in [0.4, 0.5) is 5.82 Å². The molecule has 26 heavy (non-hydrogen) atoms. The maximum Gasteiger partial charge on any atom is 0.172 e. The molecule has 1 atom stereocenters. The summed E-state index contributed by atoms with van der Waals surface area (Å²) in [6.45, 7) is 4.18. The Morgan fingerprint density at radius 2 is 2.19 bits per heavy atom. The maximum absolute atomic E-state index is 4.83. The Bertz CT molecular complexity index is 898. The molecule has 1 aliphatic heterocycles. The van der Waals surface area contributed by atoms with E-state index in [0.717, 1.165) is 46.7 Å². The van der Waals surface area contributed by atoms with Crippen LogP contribution >= 0.6 is 15.9 Å². The average Bonchev–Trinajstić information content (AvgIpc) is 3.04. The highest BCUT2D eigenvalue weighted by atomic mass is 79.9. The third-order valence-corrected chi connectivity index (χ3v) is 5.62. The third-order valence-electron chi connectivity index (χ3n) is 5.06. The smallest absolute Gasteiger partial charge is 0.172 e. The van der Waals surface area contributed by atoms with Gasteiger partial charge in [-0.15, -0.1) is 0 Å². The molecule has 0 bridgehead atoms. The van der Waals surface area contributed by atoms with Crippen molar-refractivity contribution in [1.82, 2.24) is 19.9 Å². The van der Waals surface area contributed by atoms with Crippen molar-refractivity contribution in [1.29, 1.82) is 0 Å². The van der Waals surface area contributed by atoms with Gasteiger partial charge in [0, 0.05) is 24.2 Å². The van der Waals surface area contributed by atoms with E-state index >= 15 is 0 Å². The van der Waals surface area contributed by atoms with Crippen LogP contribution in [0.15, 0.2) is 41.0 Å². The lowest BCUT2D eigenvalue weighted by Gasteiger charge is -2.23. The average molecular weight is 414 g/mol. The fourth-order valence-corrected chi connectivity index (χ4v) is 3.95. The summed E-state index contributed by atoms with van der Waals surface area (Å²) in [6.07, 6.45) is 6.83. The SMILES string of the molecule is Cc1ccccc1-c1cc(NCCC2CCCCN2)n2ncc(Br)c2n1. The number of aromatic nitrogens is 3. The Balaban J connectivity index is 1.61. The molecule has 0 amide bonds. The van der Waals surface area contributed by atoms with E-state index in [9.17, 15) is 0 Å². The standard InChI is InChI=1S/C20H24BrN5/c1-14-6-2-3-8-16(14)18-12-19(26-20(25-18)17(21)13-24-26)23-11-9-15-7-4-5-10-22-15/h2-3,6,8,12-13,15,22-23H,4-5,7,9-11H2,1H3. The normalized spacial score (nSPS) is 17.5. The van der Waals surface area contributed by atoms with Crippen LogP contribution in [-0.4, -0.2) is 33.7 Å². The Kier molecular flexibility index (Phi) is 5.22. The minimum absolute atomic E-state index is 0.619. The van der Waals surface area contributed by atoms with Crippen molar-refractivity contribution in [2.75, 3.05) is 18.4 Å². The minimum atomic E-state index is 0.619. The Hall–Kier alpha value is -1.92. The van der Waals surface area contributed by atoms with Gasteiger partial charge in [-0.2, -0.15) is 9.61 Å². The van der Waals surface area contributed by atoms with Gasteiger partial charge in [-0.25, -0.2) is 4.98 Å². The molecule has 1 aromatic carbocycles. The number of fused-ring (bicyclic) bond motifs is 1. The number of halogens is 1. The first-order valence-corrected chi connectivity index (χ1v) is 10.1. The van der Waals surface area contributed by atoms with Gasteiger partial charge in [-0.3, -0.25) is 0 Å². The van der Waals surface area contributed by atoms with E-state index in [1.807, 2.05) is 4.52 Å². The van der Waals surface area contributed by atoms with Crippen molar-refractivity contribution < 1.29 is 0 Å². The summed E-state index contributed by atoms with van der Waals surface area (Å²) in [7, 11) is 0. The summed E-state index contributed by atoms with van der Waals surface area (Å²) >= 11 is 3.57. The molecule has 5 nitrogen and oxygen atoms in total. The molecule has 0 aliphatic carbocycles. The number of hydrogen-bond donors (Lipinski definition) is 2. The first kappa shape index (κ1) is 17.5. The highest BCUT2D eigenvalue weighted by molar-refractivity contribution is 9.10. The van der Waals surface area contributed by atoms with Crippen molar-refractivity contribution in [3.8, 4) is 11.3 Å². The molecule has 1 aliphatic rings. The quantitative estimate of drug-likeness (QED) is 0.650. The van der Waals surface area contributed by atoms with E-state index in [0.29, 0.717) is 6.04 Å². The van der Waals surface area contributed by atoms with Gasteiger partial charge in [-0.1, -0.05) is 30.7 Å². The van der Waals surface area contributed by atoms with Crippen molar-refractivity contribution in [3.05, 3.63) is 46.6 Å². The van der Waals surface area contributed by atoms with Crippen molar-refractivity contribution >= 4 is 27.4 Å². The highest BCUT2D eigenvalue weighted by Crippen LogP contribution is 2.27. The molecule has 0 spiro atoms. The molecule has 1 fully saturated rings. The number of piperidine rings is 1. The first-order chi connectivity index (χ1) is 12.7. The predicted octanol–water partition coefficient (Wildman–Crippen LogP) is 4.41. The molecule has 3 heterocycles. The fourth-order valence-electron chi connectivity index (χ4n) is 3.61. The molecule has 2 aromatic heterocycles. The van der Waals surface area contributed by atoms with Crippen LogP contribution in [0, 0.1) is 6.92 Å². The number of nitrogens with zero attached hydrogens (tertiary/aromatic N) is 3. The number of hydrogen-bond acceptors (Lipinski definition) is 4. The topological polar surface area (TPSA) is 54.2 Å². The molecule has 1 saturated heterocycles. The summed E-state index contributed by atoms with van der Waals surface area (Å²) in [5, 5.41) is 11.7. The number of nitrogens with one attached hydrogen (secondary N) is 2. The summed E-state index contributed by atoms with van der Waals surface area (Å²) in [5.41, 5.74) is 4.18. The third kappa shape index (κ3) is 3.62. The fraction of sp³-hybridized carbons (Fsp3) is 0.400. The summed E-state index contributed by atoms with van der Waals surface area (Å²) in [4.78, 5) is 4.83. The lowest BCUT2D eigenvalue weighted by molar-refractivity contribution is 0.388. The molecule has 2 N–H and O–H groups in total. The van der Waals surface area contributed by atoms with Gasteiger partial charge in [0.05, 0.1) is 16.4 Å². The summed E-state index contributed by atoms with van der Waals surface area (Å²) < 4.78 is 2.78. The Morgan fingerprint density at radius 3 is 3.00 bits per heavy atom. The highest BCUT2D eigenvalue weighted by Gasteiger charge is 2.14. The van der Waals surface area contributed by atoms with E-state index in [1.165, 1.54) is 24.8 Å². The second-order valence-corrected chi connectivity index (χ2v) is 7.79. The lowest BCUT2D eigenvalue weighted by Crippen LogP contribution is -2.35. The molecule has 136 valence electrons. The maximum atomic E-state index is 4.83. The number of anilines is 1.